The van der Waals surface area contributed by atoms with E-state index < -0.39 is 5.97 Å². The second-order valence-corrected chi connectivity index (χ2v) is 4.31. The highest BCUT2D eigenvalue weighted by Gasteiger charge is 2.15. The van der Waals surface area contributed by atoms with Gasteiger partial charge in [-0.1, -0.05) is 25.5 Å². The minimum Gasteiger partial charge on any atom is -0.496 e. The van der Waals surface area contributed by atoms with Gasteiger partial charge in [0.25, 0.3) is 0 Å². The molecule has 0 saturated carbocycles. The average molecular weight is 236 g/mol. The molecule has 0 aromatic heterocycles. The summed E-state index contributed by atoms with van der Waals surface area (Å²) in [6.45, 7) is 4.05. The summed E-state index contributed by atoms with van der Waals surface area (Å²) in [5.41, 5.74) is 2.12. The number of benzene rings is 1. The van der Waals surface area contributed by atoms with Crippen LogP contribution in [0, 0.1) is 6.92 Å². The van der Waals surface area contributed by atoms with Gasteiger partial charge in [-0.2, -0.15) is 0 Å². The van der Waals surface area contributed by atoms with E-state index in [9.17, 15) is 4.79 Å². The van der Waals surface area contributed by atoms with E-state index in [0.29, 0.717) is 0 Å². The second-order valence-electron chi connectivity index (χ2n) is 4.31. The fourth-order valence-electron chi connectivity index (χ4n) is 2.04. The van der Waals surface area contributed by atoms with Gasteiger partial charge >= 0.3 is 5.97 Å². The zero-order valence-electron chi connectivity index (χ0n) is 10.7. The third kappa shape index (κ3) is 3.77. The summed E-state index contributed by atoms with van der Waals surface area (Å²) < 4.78 is 5.27. The Labute approximate surface area is 102 Å². The fraction of sp³-hybridized carbons (Fsp3) is 0.500. The van der Waals surface area contributed by atoms with Crippen LogP contribution in [0.4, 0.5) is 0 Å². The Kier molecular flexibility index (Phi) is 5.01. The van der Waals surface area contributed by atoms with Gasteiger partial charge in [-0.05, 0) is 36.5 Å². The summed E-state index contributed by atoms with van der Waals surface area (Å²) in [5.74, 6) is 0.156. The molecule has 1 N–H and O–H groups in total. The SMILES string of the molecule is CCC[C@@H](CC(=O)O)c1ccc(C)c(OC)c1. The smallest absolute Gasteiger partial charge is 0.303 e. The Hall–Kier alpha value is -1.51. The molecule has 0 fully saturated rings. The maximum Gasteiger partial charge on any atom is 0.303 e. The summed E-state index contributed by atoms with van der Waals surface area (Å²) >= 11 is 0. The standard InChI is InChI=1S/C14H20O3/c1-4-5-11(9-14(15)16)12-7-6-10(2)13(8-12)17-3/h6-8,11H,4-5,9H2,1-3H3,(H,15,16)/t11-/m0/s1. The molecule has 0 saturated heterocycles. The van der Waals surface area contributed by atoms with E-state index in [1.807, 2.05) is 25.1 Å². The van der Waals surface area contributed by atoms with Crippen LogP contribution < -0.4 is 4.74 Å². The second kappa shape index (κ2) is 6.28. The van der Waals surface area contributed by atoms with Crippen molar-refractivity contribution in [2.75, 3.05) is 7.11 Å². The molecule has 3 nitrogen and oxygen atoms in total. The monoisotopic (exact) mass is 236 g/mol. The van der Waals surface area contributed by atoms with Crippen molar-refractivity contribution >= 4 is 5.97 Å². The minimum atomic E-state index is -0.747. The lowest BCUT2D eigenvalue weighted by Gasteiger charge is -2.16. The number of hydrogen-bond donors (Lipinski definition) is 1. The molecule has 1 aromatic rings. The fourth-order valence-corrected chi connectivity index (χ4v) is 2.04. The third-order valence-corrected chi connectivity index (χ3v) is 2.96. The zero-order chi connectivity index (χ0) is 12.8. The molecule has 17 heavy (non-hydrogen) atoms. The lowest BCUT2D eigenvalue weighted by Crippen LogP contribution is -2.06. The van der Waals surface area contributed by atoms with Gasteiger partial charge in [0.2, 0.25) is 0 Å². The number of rotatable bonds is 6. The molecule has 0 unspecified atom stereocenters. The van der Waals surface area contributed by atoms with Gasteiger partial charge in [0.1, 0.15) is 5.75 Å². The van der Waals surface area contributed by atoms with Crippen molar-refractivity contribution in [1.29, 1.82) is 0 Å². The quantitative estimate of drug-likeness (QED) is 0.823. The zero-order valence-corrected chi connectivity index (χ0v) is 10.7. The number of carboxylic acids is 1. The van der Waals surface area contributed by atoms with E-state index >= 15 is 0 Å². The van der Waals surface area contributed by atoms with E-state index in [1.54, 1.807) is 7.11 Å². The van der Waals surface area contributed by atoms with E-state index in [4.69, 9.17) is 9.84 Å². The summed E-state index contributed by atoms with van der Waals surface area (Å²) in [5, 5.41) is 8.92. The van der Waals surface area contributed by atoms with Crippen molar-refractivity contribution in [3.05, 3.63) is 29.3 Å². The number of aliphatic carboxylic acids is 1. The first-order chi connectivity index (χ1) is 8.08. The molecule has 0 aliphatic heterocycles. The summed E-state index contributed by atoms with van der Waals surface area (Å²) in [6.07, 6.45) is 2.05. The normalized spacial score (nSPS) is 12.2. The average Bonchev–Trinajstić information content (AvgIpc) is 2.28. The van der Waals surface area contributed by atoms with Gasteiger partial charge in [-0.3, -0.25) is 4.79 Å². The molecule has 0 radical (unpaired) electrons. The first kappa shape index (κ1) is 13.6. The molecular weight excluding hydrogens is 216 g/mol. The van der Waals surface area contributed by atoms with Crippen LogP contribution in [-0.2, 0) is 4.79 Å². The van der Waals surface area contributed by atoms with Crippen molar-refractivity contribution < 1.29 is 14.6 Å². The third-order valence-electron chi connectivity index (χ3n) is 2.96. The predicted octanol–water partition coefficient (Wildman–Crippen LogP) is 3.36. The van der Waals surface area contributed by atoms with E-state index in [0.717, 1.165) is 29.7 Å². The van der Waals surface area contributed by atoms with Crippen molar-refractivity contribution in [2.45, 2.75) is 39.0 Å². The molecule has 0 aliphatic carbocycles. The van der Waals surface area contributed by atoms with Crippen molar-refractivity contribution in [3.63, 3.8) is 0 Å². The maximum atomic E-state index is 10.8. The van der Waals surface area contributed by atoms with Gasteiger partial charge in [-0.25, -0.2) is 0 Å². The van der Waals surface area contributed by atoms with Crippen LogP contribution in [0.25, 0.3) is 0 Å². The number of aryl methyl sites for hydroxylation is 1. The first-order valence-corrected chi connectivity index (χ1v) is 5.94. The van der Waals surface area contributed by atoms with E-state index in [-0.39, 0.29) is 12.3 Å². The summed E-state index contributed by atoms with van der Waals surface area (Å²) in [7, 11) is 1.64. The molecule has 0 spiro atoms. The summed E-state index contributed by atoms with van der Waals surface area (Å²) in [4.78, 5) is 10.8. The van der Waals surface area contributed by atoms with Gasteiger partial charge in [-0.15, -0.1) is 0 Å². The molecule has 1 rings (SSSR count). The van der Waals surface area contributed by atoms with Crippen LogP contribution in [0.1, 0.15) is 43.2 Å². The maximum absolute atomic E-state index is 10.8. The van der Waals surface area contributed by atoms with E-state index in [1.165, 1.54) is 0 Å². The van der Waals surface area contributed by atoms with Gasteiger partial charge < -0.3 is 9.84 Å². The Bertz CT molecular complexity index is 385. The van der Waals surface area contributed by atoms with Crippen LogP contribution >= 0.6 is 0 Å². The molecule has 0 amide bonds. The molecular formula is C14H20O3. The van der Waals surface area contributed by atoms with Crippen LogP contribution in [0.5, 0.6) is 5.75 Å². The topological polar surface area (TPSA) is 46.5 Å². The van der Waals surface area contributed by atoms with Crippen molar-refractivity contribution in [1.82, 2.24) is 0 Å². The minimum absolute atomic E-state index is 0.0759. The largest absolute Gasteiger partial charge is 0.496 e. The molecule has 0 heterocycles. The Morgan fingerprint density at radius 3 is 2.71 bits per heavy atom. The highest BCUT2D eigenvalue weighted by atomic mass is 16.5. The lowest BCUT2D eigenvalue weighted by atomic mass is 9.90. The molecule has 1 aromatic carbocycles. The number of methoxy groups -OCH3 is 1. The van der Waals surface area contributed by atoms with Crippen LogP contribution in [0.15, 0.2) is 18.2 Å². The first-order valence-electron chi connectivity index (χ1n) is 5.94. The predicted molar refractivity (Wildman–Crippen MR) is 67.6 cm³/mol. The molecule has 3 heteroatoms. The highest BCUT2D eigenvalue weighted by molar-refractivity contribution is 5.68. The Morgan fingerprint density at radius 2 is 2.18 bits per heavy atom. The molecule has 1 atom stereocenters. The van der Waals surface area contributed by atoms with Crippen LogP contribution in [-0.4, -0.2) is 18.2 Å². The van der Waals surface area contributed by atoms with Gasteiger partial charge in [0, 0.05) is 0 Å². The Morgan fingerprint density at radius 1 is 1.47 bits per heavy atom. The van der Waals surface area contributed by atoms with Crippen molar-refractivity contribution in [3.8, 4) is 5.75 Å². The lowest BCUT2D eigenvalue weighted by molar-refractivity contribution is -0.137. The molecule has 0 aliphatic rings. The van der Waals surface area contributed by atoms with Gasteiger partial charge in [0.15, 0.2) is 0 Å². The summed E-state index contributed by atoms with van der Waals surface area (Å²) in [6, 6.07) is 5.94. The number of hydrogen-bond acceptors (Lipinski definition) is 2. The van der Waals surface area contributed by atoms with Crippen LogP contribution in [0.3, 0.4) is 0 Å². The van der Waals surface area contributed by atoms with Crippen LogP contribution in [0.2, 0.25) is 0 Å². The van der Waals surface area contributed by atoms with E-state index in [2.05, 4.69) is 6.92 Å². The Balaban J connectivity index is 2.96. The number of carboxylic acid groups (broad SMARTS) is 1. The number of carbonyl (C=O) groups is 1. The number of ether oxygens (including phenoxy) is 1. The van der Waals surface area contributed by atoms with Crippen molar-refractivity contribution in [2.24, 2.45) is 0 Å². The molecule has 0 bridgehead atoms. The highest BCUT2D eigenvalue weighted by Crippen LogP contribution is 2.29. The van der Waals surface area contributed by atoms with Gasteiger partial charge in [0.05, 0.1) is 13.5 Å². The molecule has 94 valence electrons.